The Labute approximate surface area is 641 Å². The number of carbonyl (C=O) groups is 8. The molecule has 7 fully saturated rings. The van der Waals surface area contributed by atoms with Crippen LogP contribution in [0.2, 0.25) is 10.0 Å². The van der Waals surface area contributed by atoms with E-state index in [9.17, 15) is 57.5 Å². The lowest BCUT2D eigenvalue weighted by Gasteiger charge is -2.33. The van der Waals surface area contributed by atoms with Crippen LogP contribution < -0.4 is 76.2 Å². The van der Waals surface area contributed by atoms with Crippen molar-refractivity contribution in [2.24, 2.45) is 47.2 Å². The standard InChI is InChI=1S/2C21H24N6O3.C13H15ClN2O2.C8H10N4O.C7H12O.C6H5ClN2O2/c2*1-21(13-4-2-3-5-13)26-19(29)15-9-8-14(20(30)27(15)21)24-16-10-17(23-11-22-16)25-18(28)12-6-7-12;1-13(8-4-2-3-5-8)15-11(17)10-7-6-9(14)12(18)16(10)13;9-6-3-7(11-4-10-6)12-8(13)5-1-2-5;1-6(8)7-4-2-3-5-7;7-3-1-2-4(5(8)10)9-6(3)11/h2*8-13H,2-7H2,1H3,(H,26,29)(H2,22,23,24,25,28);6-8H,2-5H2,1H3,(H,15,17);3-5H,1-2H2,(H3,9,10,11,12,13);7H,2-5H2,1H3;1-2H,(H2,8,10)(H,9,11). The van der Waals surface area contributed by atoms with Gasteiger partial charge < -0.3 is 59.0 Å². The van der Waals surface area contributed by atoms with E-state index >= 15 is 0 Å². The minimum atomic E-state index is -0.729. The maximum atomic E-state index is 13.3. The number of aromatic amines is 1. The zero-order chi connectivity index (χ0) is 78.3. The second kappa shape index (κ2) is 33.4. The number of nitrogens with zero attached hydrogens (tertiary/aromatic N) is 9. The average Bonchev–Trinajstić information content (AvgIpc) is 1.59. The number of pyridine rings is 4. The predicted molar refractivity (Wildman–Crippen MR) is 411 cm³/mol. The van der Waals surface area contributed by atoms with Gasteiger partial charge in [0.05, 0.1) is 0 Å². The number of Topliss-reactive ketones (excluding diaryl/α,β-unsaturated/α-hetero) is 1. The lowest BCUT2D eigenvalue weighted by atomic mass is 9.92. The van der Waals surface area contributed by atoms with Gasteiger partial charge in [-0.2, -0.15) is 0 Å². The summed E-state index contributed by atoms with van der Waals surface area (Å²) in [4.78, 5) is 169. The highest BCUT2D eigenvalue weighted by Crippen LogP contribution is 2.43. The minimum Gasteiger partial charge on any atom is -0.384 e. The number of ketones is 1. The number of amides is 7. The van der Waals surface area contributed by atoms with Crippen molar-refractivity contribution in [3.05, 3.63) is 160 Å². The maximum absolute atomic E-state index is 13.3. The zero-order valence-electron chi connectivity index (χ0n) is 61.5. The number of aromatic nitrogens is 10. The molecular formula is C76H90Cl2N20O12. The molecule has 0 aromatic carbocycles. The van der Waals surface area contributed by atoms with E-state index in [1.165, 1.54) is 50.0 Å². The number of anilines is 8. The summed E-state index contributed by atoms with van der Waals surface area (Å²) < 4.78 is 4.73. The van der Waals surface area contributed by atoms with E-state index in [4.69, 9.17) is 34.7 Å². The van der Waals surface area contributed by atoms with Crippen LogP contribution >= 0.6 is 23.2 Å². The second-order valence-corrected chi connectivity index (χ2v) is 30.8. The smallest absolute Gasteiger partial charge is 0.276 e. The molecule has 110 heavy (non-hydrogen) atoms. The summed E-state index contributed by atoms with van der Waals surface area (Å²) in [5.41, 5.74) is 8.74. The number of fused-ring (bicyclic) bond motifs is 3. The van der Waals surface area contributed by atoms with Crippen LogP contribution in [0, 0.1) is 41.4 Å². The molecule has 7 amide bonds. The third kappa shape index (κ3) is 18.0. The third-order valence-corrected chi connectivity index (χ3v) is 22.6. The Morgan fingerprint density at radius 2 is 0.764 bits per heavy atom. The molecule has 3 atom stereocenters. The van der Waals surface area contributed by atoms with E-state index in [-0.39, 0.29) is 97.4 Å². The van der Waals surface area contributed by atoms with Crippen molar-refractivity contribution in [3.8, 4) is 0 Å². The largest absolute Gasteiger partial charge is 0.384 e. The summed E-state index contributed by atoms with van der Waals surface area (Å²) in [6.45, 7) is 7.49. The molecule has 0 saturated heterocycles. The Morgan fingerprint density at radius 3 is 1.11 bits per heavy atom. The molecule has 3 aliphatic heterocycles. The number of halogens is 2. The first-order valence-electron chi connectivity index (χ1n) is 37.4. The number of nitrogens with two attached hydrogens (primary N) is 2. The molecule has 32 nitrogen and oxygen atoms in total. The molecule has 17 rings (SSSR count). The molecule has 10 aliphatic rings. The first kappa shape index (κ1) is 78.6. The summed E-state index contributed by atoms with van der Waals surface area (Å²) >= 11 is 11.3. The molecule has 580 valence electrons. The topological polar surface area (TPSA) is 461 Å². The summed E-state index contributed by atoms with van der Waals surface area (Å²) in [5, 5.41) is 23.5. The van der Waals surface area contributed by atoms with Gasteiger partial charge in [-0.25, -0.2) is 29.9 Å². The number of hydrogen-bond acceptors (Lipinski definition) is 21. The quantitative estimate of drug-likeness (QED) is 0.0455. The summed E-state index contributed by atoms with van der Waals surface area (Å²) in [6, 6.07) is 17.0. The first-order chi connectivity index (χ1) is 52.6. The van der Waals surface area contributed by atoms with Crippen molar-refractivity contribution in [2.75, 3.05) is 32.3 Å². The van der Waals surface area contributed by atoms with Crippen LogP contribution in [0.3, 0.4) is 0 Å². The first-order valence-corrected chi connectivity index (χ1v) is 38.2. The normalized spacial score (nSPS) is 21.5. The number of carbonyl (C=O) groups excluding carboxylic acids is 8. The number of nitrogens with one attached hydrogen (secondary N) is 9. The molecule has 7 aromatic heterocycles. The Morgan fingerprint density at radius 1 is 0.427 bits per heavy atom. The van der Waals surface area contributed by atoms with Crippen molar-refractivity contribution in [2.45, 2.75) is 186 Å². The average molecular weight is 1550 g/mol. The Kier molecular flexibility index (Phi) is 23.9. The van der Waals surface area contributed by atoms with Crippen LogP contribution in [-0.2, 0) is 36.2 Å². The summed E-state index contributed by atoms with van der Waals surface area (Å²) in [6.07, 6.45) is 27.1. The fourth-order valence-corrected chi connectivity index (χ4v) is 15.7. The molecule has 13 N–H and O–H groups in total. The molecule has 0 bridgehead atoms. The molecule has 3 unspecified atom stereocenters. The van der Waals surface area contributed by atoms with Gasteiger partial charge in [-0.1, -0.05) is 74.6 Å². The fraction of sp³-hybridized carbons (Fsp3) is 0.474. The lowest BCUT2D eigenvalue weighted by Crippen LogP contribution is -2.50. The molecule has 7 aliphatic carbocycles. The van der Waals surface area contributed by atoms with Crippen LogP contribution in [-0.4, -0.2) is 95.7 Å². The van der Waals surface area contributed by atoms with Gasteiger partial charge in [0.1, 0.15) is 121 Å². The zero-order valence-corrected chi connectivity index (χ0v) is 63.0. The molecule has 7 saturated carbocycles. The summed E-state index contributed by atoms with van der Waals surface area (Å²) in [7, 11) is 0. The van der Waals surface area contributed by atoms with Gasteiger partial charge in [-0.3, -0.25) is 71.2 Å². The Balaban J connectivity index is 0.000000130. The van der Waals surface area contributed by atoms with Gasteiger partial charge in [-0.05, 0) is 166 Å². The highest BCUT2D eigenvalue weighted by molar-refractivity contribution is 6.30. The van der Waals surface area contributed by atoms with Gasteiger partial charge in [0, 0.05) is 59.6 Å². The number of hydrogen-bond donors (Lipinski definition) is 11. The van der Waals surface area contributed by atoms with Gasteiger partial charge in [-0.15, -0.1) is 0 Å². The molecule has 7 aromatic rings. The van der Waals surface area contributed by atoms with Crippen LogP contribution in [0.1, 0.15) is 211 Å². The van der Waals surface area contributed by atoms with Gasteiger partial charge >= 0.3 is 0 Å². The molecular weight excluding hydrogens is 1460 g/mol. The van der Waals surface area contributed by atoms with Gasteiger partial charge in [0.25, 0.3) is 45.9 Å². The van der Waals surface area contributed by atoms with Gasteiger partial charge in [0.15, 0.2) is 0 Å². The molecule has 0 radical (unpaired) electrons. The van der Waals surface area contributed by atoms with E-state index in [0.29, 0.717) is 81.0 Å². The number of nitrogen functional groups attached to an aromatic ring is 1. The number of primary amides is 1. The molecule has 0 spiro atoms. The number of rotatable bonds is 15. The van der Waals surface area contributed by atoms with E-state index in [2.05, 4.69) is 77.4 Å². The minimum absolute atomic E-state index is 0.0260. The summed E-state index contributed by atoms with van der Waals surface area (Å²) in [5.74, 6) is 2.90. The van der Waals surface area contributed by atoms with Crippen LogP contribution in [0.15, 0.2) is 105 Å². The predicted octanol–water partition coefficient (Wildman–Crippen LogP) is 9.08. The van der Waals surface area contributed by atoms with Crippen molar-refractivity contribution in [1.82, 2.24) is 64.5 Å². The highest BCUT2D eigenvalue weighted by Gasteiger charge is 2.49. The third-order valence-electron chi connectivity index (χ3n) is 22.0. The van der Waals surface area contributed by atoms with E-state index in [1.54, 1.807) is 69.2 Å². The maximum Gasteiger partial charge on any atom is 0.276 e. The second-order valence-electron chi connectivity index (χ2n) is 30.0. The number of H-pyrrole nitrogens is 1. The van der Waals surface area contributed by atoms with Crippen LogP contribution in [0.4, 0.5) is 46.3 Å². The monoisotopic (exact) mass is 1540 g/mol. The van der Waals surface area contributed by atoms with Crippen LogP contribution in [0.5, 0.6) is 0 Å². The van der Waals surface area contributed by atoms with Gasteiger partial charge in [0.2, 0.25) is 17.7 Å². The molecule has 10 heterocycles. The fourth-order valence-electron chi connectivity index (χ4n) is 15.4. The van der Waals surface area contributed by atoms with Crippen molar-refractivity contribution in [3.63, 3.8) is 0 Å². The van der Waals surface area contributed by atoms with Crippen LogP contribution in [0.25, 0.3) is 0 Å². The highest BCUT2D eigenvalue weighted by atomic mass is 35.5. The lowest BCUT2D eigenvalue weighted by molar-refractivity contribution is -0.120. The Hall–Kier alpha value is -11.0. The van der Waals surface area contributed by atoms with E-state index in [0.717, 1.165) is 128 Å². The van der Waals surface area contributed by atoms with Crippen molar-refractivity contribution >= 4 is 117 Å². The SMILES string of the molecule is CC(=O)C1CCCC1.CC1(C2CCCC2)NC(=O)c2ccc(Cl)c(=O)n21.CC1(C2CCCC2)NC(=O)c2ccc(Nc3cc(NC(=O)C4CC4)ncn3)c(=O)n21.CC1(C2CCCC2)NC(=O)c2ccc(Nc3cc(NC(=O)C4CC4)ncn3)c(=O)n21.NC(=O)c1ccc(Cl)c(=O)[nH]1.Nc1cc(NC(=O)C2CC2)ncn1. The van der Waals surface area contributed by atoms with Crippen molar-refractivity contribution < 1.29 is 38.4 Å². The van der Waals surface area contributed by atoms with E-state index in [1.807, 2.05) is 20.8 Å². The van der Waals surface area contributed by atoms with E-state index < -0.39 is 28.5 Å². The Bertz CT molecular complexity index is 4800. The molecule has 34 heteroatoms. The van der Waals surface area contributed by atoms with Crippen molar-refractivity contribution in [1.29, 1.82) is 0 Å².